The molecular weight excluding hydrogens is 388 g/mol. The Labute approximate surface area is 180 Å². The molecule has 0 rings (SSSR count). The summed E-state index contributed by atoms with van der Waals surface area (Å²) in [5.41, 5.74) is 0. The van der Waals surface area contributed by atoms with Crippen LogP contribution in [0.3, 0.4) is 0 Å². The van der Waals surface area contributed by atoms with E-state index in [0.29, 0.717) is 23.1 Å². The molecule has 0 atom stereocenters. The molecule has 4 amide bonds. The molecule has 0 heterocycles. The Morgan fingerprint density at radius 1 is 0.600 bits per heavy atom. The molecule has 10 nitrogen and oxygen atoms in total. The average molecular weight is 429 g/mol. The number of nitroso groups, excluding NO2 is 2. The molecule has 10 heteroatoms. The molecular formula is C20H40N6O4. The average Bonchev–Trinajstić information content (AvgIpc) is 2.75. The first kappa shape index (κ1) is 27.7. The van der Waals surface area contributed by atoms with Crippen molar-refractivity contribution in [1.82, 2.24) is 20.7 Å². The molecule has 0 aromatic rings. The molecule has 0 saturated heterocycles. The second-order valence-electron chi connectivity index (χ2n) is 7.41. The molecule has 0 aliphatic rings. The smallest absolute Gasteiger partial charge is 0.336 e. The maximum absolute atomic E-state index is 12.0. The third-order valence-corrected chi connectivity index (χ3v) is 4.80. The van der Waals surface area contributed by atoms with Gasteiger partial charge in [0.1, 0.15) is 0 Å². The number of nitrogens with one attached hydrogen (secondary N) is 2. The van der Waals surface area contributed by atoms with Crippen LogP contribution in [0.5, 0.6) is 0 Å². The third-order valence-electron chi connectivity index (χ3n) is 4.80. The molecule has 0 aromatic heterocycles. The van der Waals surface area contributed by atoms with Gasteiger partial charge in [-0.05, 0) is 12.8 Å². The van der Waals surface area contributed by atoms with E-state index in [9.17, 15) is 19.4 Å². The number of nitrogens with zero attached hydrogens (tertiary/aromatic N) is 4. The van der Waals surface area contributed by atoms with Crippen molar-refractivity contribution in [3.05, 3.63) is 9.81 Å². The van der Waals surface area contributed by atoms with E-state index in [1.165, 1.54) is 38.5 Å². The molecule has 0 spiro atoms. The molecule has 0 aromatic carbocycles. The maximum Gasteiger partial charge on any atom is 0.340 e. The summed E-state index contributed by atoms with van der Waals surface area (Å²) in [5, 5.41) is 11.9. The monoisotopic (exact) mass is 428 g/mol. The van der Waals surface area contributed by atoms with Gasteiger partial charge in [0, 0.05) is 13.1 Å². The standard InChI is InChI=1S/C20H40N6O4/c1-3-5-7-9-11-13-15-21-19(27)25(23-29)17-18-26(24-30)20(28)22-16-14-12-10-8-6-4-2/h3-18H2,1-2H3,(H,21,27)(H,22,28). The van der Waals surface area contributed by atoms with Crippen LogP contribution in [-0.2, 0) is 0 Å². The van der Waals surface area contributed by atoms with Gasteiger partial charge < -0.3 is 10.6 Å². The van der Waals surface area contributed by atoms with E-state index in [1.807, 2.05) is 0 Å². The number of unbranched alkanes of at least 4 members (excludes halogenated alkanes) is 10. The van der Waals surface area contributed by atoms with Gasteiger partial charge >= 0.3 is 12.1 Å². The highest BCUT2D eigenvalue weighted by Gasteiger charge is 2.19. The van der Waals surface area contributed by atoms with Gasteiger partial charge in [0.25, 0.3) is 0 Å². The van der Waals surface area contributed by atoms with Gasteiger partial charge in [0.05, 0.1) is 23.7 Å². The van der Waals surface area contributed by atoms with Crippen LogP contribution in [0.4, 0.5) is 9.59 Å². The lowest BCUT2D eigenvalue weighted by Gasteiger charge is -2.18. The second kappa shape index (κ2) is 20.0. The van der Waals surface area contributed by atoms with E-state index in [2.05, 4.69) is 35.1 Å². The van der Waals surface area contributed by atoms with Gasteiger partial charge in [-0.25, -0.2) is 9.59 Å². The maximum atomic E-state index is 12.0. The number of carbonyl (C=O) groups is 2. The fourth-order valence-corrected chi connectivity index (χ4v) is 2.93. The van der Waals surface area contributed by atoms with Crippen LogP contribution < -0.4 is 10.6 Å². The first-order chi connectivity index (χ1) is 14.6. The van der Waals surface area contributed by atoms with Crippen LogP contribution in [0.1, 0.15) is 90.9 Å². The molecule has 0 aliphatic heterocycles. The predicted molar refractivity (Wildman–Crippen MR) is 119 cm³/mol. The van der Waals surface area contributed by atoms with E-state index in [0.717, 1.165) is 38.5 Å². The second-order valence-corrected chi connectivity index (χ2v) is 7.41. The van der Waals surface area contributed by atoms with Crippen molar-refractivity contribution in [2.75, 3.05) is 26.2 Å². The fraction of sp³-hybridized carbons (Fsp3) is 0.900. The highest BCUT2D eigenvalue weighted by molar-refractivity contribution is 5.75. The summed E-state index contributed by atoms with van der Waals surface area (Å²) in [6.07, 6.45) is 13.1. The highest BCUT2D eigenvalue weighted by atomic mass is 16.3. The number of amides is 4. The van der Waals surface area contributed by atoms with Crippen molar-refractivity contribution < 1.29 is 9.59 Å². The van der Waals surface area contributed by atoms with Crippen LogP contribution in [-0.4, -0.2) is 48.3 Å². The quantitative estimate of drug-likeness (QED) is 0.169. The number of urea groups is 2. The van der Waals surface area contributed by atoms with Gasteiger partial charge in [-0.3, -0.25) is 0 Å². The summed E-state index contributed by atoms with van der Waals surface area (Å²) in [4.78, 5) is 45.8. The first-order valence-corrected chi connectivity index (χ1v) is 11.4. The number of carbonyl (C=O) groups excluding carboxylic acids is 2. The van der Waals surface area contributed by atoms with Crippen molar-refractivity contribution in [3.8, 4) is 0 Å². The van der Waals surface area contributed by atoms with Crippen molar-refractivity contribution in [3.63, 3.8) is 0 Å². The Balaban J connectivity index is 4.04. The van der Waals surface area contributed by atoms with Crippen LogP contribution >= 0.6 is 0 Å². The SMILES string of the molecule is CCCCCCCCNC(=O)N(CCN(N=O)C(=O)NCCCCCCCC)N=O. The zero-order chi connectivity index (χ0) is 22.5. The number of hydrogen-bond donors (Lipinski definition) is 2. The van der Waals surface area contributed by atoms with E-state index in [1.54, 1.807) is 0 Å². The lowest BCUT2D eigenvalue weighted by atomic mass is 10.1. The Kier molecular flexibility index (Phi) is 18.5. The lowest BCUT2D eigenvalue weighted by molar-refractivity contribution is 0.176. The zero-order valence-corrected chi connectivity index (χ0v) is 18.7. The molecule has 0 unspecified atom stereocenters. The van der Waals surface area contributed by atoms with Crippen LogP contribution in [0, 0.1) is 9.81 Å². The lowest BCUT2D eigenvalue weighted by Crippen LogP contribution is -2.43. The molecule has 0 bridgehead atoms. The van der Waals surface area contributed by atoms with Crippen molar-refractivity contribution in [1.29, 1.82) is 0 Å². The minimum Gasteiger partial charge on any atom is -0.336 e. The zero-order valence-electron chi connectivity index (χ0n) is 18.7. The minimum atomic E-state index is -0.642. The van der Waals surface area contributed by atoms with E-state index in [4.69, 9.17) is 0 Å². The van der Waals surface area contributed by atoms with Crippen molar-refractivity contribution >= 4 is 12.1 Å². The molecule has 30 heavy (non-hydrogen) atoms. The molecule has 0 aliphatic carbocycles. The first-order valence-electron chi connectivity index (χ1n) is 11.4. The van der Waals surface area contributed by atoms with E-state index in [-0.39, 0.29) is 13.1 Å². The Hall–Kier alpha value is -2.26. The highest BCUT2D eigenvalue weighted by Crippen LogP contribution is 2.05. The summed E-state index contributed by atoms with van der Waals surface area (Å²) in [6.45, 7) is 4.80. The van der Waals surface area contributed by atoms with Crippen LogP contribution in [0.15, 0.2) is 10.6 Å². The molecule has 174 valence electrons. The predicted octanol–water partition coefficient (Wildman–Crippen LogP) is 5.09. The van der Waals surface area contributed by atoms with E-state index >= 15 is 0 Å². The summed E-state index contributed by atoms with van der Waals surface area (Å²) in [5.74, 6) is 0. The van der Waals surface area contributed by atoms with Gasteiger partial charge in [0.2, 0.25) is 0 Å². The third kappa shape index (κ3) is 14.7. The van der Waals surface area contributed by atoms with Crippen LogP contribution in [0.2, 0.25) is 0 Å². The summed E-state index contributed by atoms with van der Waals surface area (Å²) in [6, 6.07) is -1.28. The summed E-state index contributed by atoms with van der Waals surface area (Å²) >= 11 is 0. The molecule has 2 N–H and O–H groups in total. The van der Waals surface area contributed by atoms with Crippen molar-refractivity contribution in [2.45, 2.75) is 90.9 Å². The largest absolute Gasteiger partial charge is 0.340 e. The van der Waals surface area contributed by atoms with Gasteiger partial charge in [-0.1, -0.05) is 78.1 Å². The van der Waals surface area contributed by atoms with E-state index < -0.39 is 12.1 Å². The fourth-order valence-electron chi connectivity index (χ4n) is 2.93. The summed E-state index contributed by atoms with van der Waals surface area (Å²) in [7, 11) is 0. The molecule has 0 fully saturated rings. The van der Waals surface area contributed by atoms with Crippen LogP contribution in [0.25, 0.3) is 0 Å². The Morgan fingerprint density at radius 3 is 1.27 bits per heavy atom. The van der Waals surface area contributed by atoms with Gasteiger partial charge in [-0.2, -0.15) is 10.0 Å². The summed E-state index contributed by atoms with van der Waals surface area (Å²) < 4.78 is 0. The Bertz CT molecular complexity index is 436. The Morgan fingerprint density at radius 2 is 0.933 bits per heavy atom. The number of rotatable bonds is 19. The van der Waals surface area contributed by atoms with Gasteiger partial charge in [-0.15, -0.1) is 9.81 Å². The van der Waals surface area contributed by atoms with Gasteiger partial charge in [0.15, 0.2) is 0 Å². The topological polar surface area (TPSA) is 124 Å². The normalized spacial score (nSPS) is 10.3. The number of hydrogen-bond acceptors (Lipinski definition) is 6. The molecule has 0 radical (unpaired) electrons. The minimum absolute atomic E-state index is 0.206. The van der Waals surface area contributed by atoms with Crippen molar-refractivity contribution in [2.24, 2.45) is 10.6 Å². The molecule has 0 saturated carbocycles.